The van der Waals surface area contributed by atoms with Gasteiger partial charge in [0.1, 0.15) is 6.04 Å². The Hall–Kier alpha value is -2.23. The number of carbonyl (C=O) groups is 2. The van der Waals surface area contributed by atoms with E-state index in [0.717, 1.165) is 12.8 Å². The molecule has 0 aliphatic carbocycles. The summed E-state index contributed by atoms with van der Waals surface area (Å²) in [6, 6.07) is 0.845. The number of rotatable bonds is 6. The number of hydrogen-bond acceptors (Lipinski definition) is 8. The van der Waals surface area contributed by atoms with Crippen molar-refractivity contribution in [2.75, 3.05) is 36.1 Å². The molecule has 0 bridgehead atoms. The first-order valence-corrected chi connectivity index (χ1v) is 11.4. The second kappa shape index (κ2) is 8.85. The van der Waals surface area contributed by atoms with Gasteiger partial charge in [-0.05, 0) is 38.7 Å². The summed E-state index contributed by atoms with van der Waals surface area (Å²) in [6.45, 7) is 2.44. The van der Waals surface area contributed by atoms with Crippen LogP contribution in [0.15, 0.2) is 18.5 Å². The standard InChI is InChI=1S/C18H26N4O5S/c1-2-21(14-7-11-28(25,26)13-14)16(23)12-27-17(24)15-6-3-4-10-22(15)18-19-8-5-9-20-18/h5,8-9,14-15H,2-4,6-7,10-13H2,1H3. The fourth-order valence-electron chi connectivity index (χ4n) is 3.83. The molecule has 2 aliphatic heterocycles. The maximum Gasteiger partial charge on any atom is 0.329 e. The molecule has 2 atom stereocenters. The molecule has 3 rings (SSSR count). The van der Waals surface area contributed by atoms with Crippen LogP contribution in [0.5, 0.6) is 0 Å². The minimum atomic E-state index is -3.09. The lowest BCUT2D eigenvalue weighted by Gasteiger charge is -2.34. The van der Waals surface area contributed by atoms with Crippen molar-refractivity contribution in [2.45, 2.75) is 44.7 Å². The van der Waals surface area contributed by atoms with E-state index in [0.29, 0.717) is 31.9 Å². The topological polar surface area (TPSA) is 110 Å². The van der Waals surface area contributed by atoms with Crippen molar-refractivity contribution in [3.8, 4) is 0 Å². The van der Waals surface area contributed by atoms with Gasteiger partial charge < -0.3 is 14.5 Å². The highest BCUT2D eigenvalue weighted by molar-refractivity contribution is 7.91. The van der Waals surface area contributed by atoms with Crippen molar-refractivity contribution in [3.05, 3.63) is 18.5 Å². The highest BCUT2D eigenvalue weighted by atomic mass is 32.2. The number of likely N-dealkylation sites (N-methyl/N-ethyl adjacent to an activating group) is 1. The number of carbonyl (C=O) groups excluding carboxylic acids is 2. The monoisotopic (exact) mass is 410 g/mol. The van der Waals surface area contributed by atoms with E-state index in [-0.39, 0.29) is 30.1 Å². The van der Waals surface area contributed by atoms with Crippen LogP contribution < -0.4 is 4.90 Å². The van der Waals surface area contributed by atoms with E-state index in [1.54, 1.807) is 25.4 Å². The average Bonchev–Trinajstić information content (AvgIpc) is 3.06. The van der Waals surface area contributed by atoms with Gasteiger partial charge in [-0.3, -0.25) is 4.79 Å². The Morgan fingerprint density at radius 1 is 1.25 bits per heavy atom. The molecule has 2 fully saturated rings. The molecule has 1 aromatic heterocycles. The molecule has 3 heterocycles. The molecule has 0 saturated carbocycles. The Bertz CT molecular complexity index is 801. The highest BCUT2D eigenvalue weighted by Crippen LogP contribution is 2.22. The number of aromatic nitrogens is 2. The third-order valence-corrected chi connectivity index (χ3v) is 6.98. The first-order valence-electron chi connectivity index (χ1n) is 9.61. The third-order valence-electron chi connectivity index (χ3n) is 5.23. The second-order valence-corrected chi connectivity index (χ2v) is 9.33. The van der Waals surface area contributed by atoms with Gasteiger partial charge in [-0.15, -0.1) is 0 Å². The fourth-order valence-corrected chi connectivity index (χ4v) is 5.56. The van der Waals surface area contributed by atoms with E-state index in [1.165, 1.54) is 4.90 Å². The molecular formula is C18H26N4O5S. The lowest BCUT2D eigenvalue weighted by Crippen LogP contribution is -2.48. The smallest absolute Gasteiger partial charge is 0.329 e. The Labute approximate surface area is 165 Å². The molecular weight excluding hydrogens is 384 g/mol. The van der Waals surface area contributed by atoms with Crippen molar-refractivity contribution in [1.29, 1.82) is 0 Å². The zero-order chi connectivity index (χ0) is 20.1. The molecule has 2 saturated heterocycles. The van der Waals surface area contributed by atoms with E-state index in [9.17, 15) is 18.0 Å². The van der Waals surface area contributed by atoms with E-state index < -0.39 is 21.8 Å². The van der Waals surface area contributed by atoms with Gasteiger partial charge in [-0.1, -0.05) is 0 Å². The molecule has 0 spiro atoms. The van der Waals surface area contributed by atoms with Crippen molar-refractivity contribution in [3.63, 3.8) is 0 Å². The summed E-state index contributed by atoms with van der Waals surface area (Å²) < 4.78 is 28.7. The normalized spacial score (nSPS) is 24.0. The number of hydrogen-bond donors (Lipinski definition) is 0. The van der Waals surface area contributed by atoms with E-state index in [1.807, 2.05) is 4.90 Å². The summed E-state index contributed by atoms with van der Waals surface area (Å²) in [5.41, 5.74) is 0. The summed E-state index contributed by atoms with van der Waals surface area (Å²) in [5.74, 6) is -0.300. The van der Waals surface area contributed by atoms with Crippen molar-refractivity contribution < 1.29 is 22.7 Å². The number of ether oxygens (including phenoxy) is 1. The van der Waals surface area contributed by atoms with Crippen molar-refractivity contribution in [1.82, 2.24) is 14.9 Å². The molecule has 2 aliphatic rings. The number of anilines is 1. The second-order valence-electron chi connectivity index (χ2n) is 7.10. The summed E-state index contributed by atoms with van der Waals surface area (Å²) in [4.78, 5) is 36.9. The number of piperidine rings is 1. The minimum Gasteiger partial charge on any atom is -0.454 e. The molecule has 1 amide bonds. The van der Waals surface area contributed by atoms with Gasteiger partial charge >= 0.3 is 5.97 Å². The van der Waals surface area contributed by atoms with Crippen LogP contribution in [0.25, 0.3) is 0 Å². The molecule has 0 aromatic carbocycles. The number of amides is 1. The average molecular weight is 410 g/mol. The molecule has 28 heavy (non-hydrogen) atoms. The molecule has 1 aromatic rings. The maximum atomic E-state index is 12.6. The highest BCUT2D eigenvalue weighted by Gasteiger charge is 2.35. The Morgan fingerprint density at radius 3 is 2.64 bits per heavy atom. The van der Waals surface area contributed by atoms with Crippen LogP contribution in [-0.2, 0) is 24.2 Å². The van der Waals surface area contributed by atoms with Gasteiger partial charge in [0.15, 0.2) is 16.4 Å². The lowest BCUT2D eigenvalue weighted by atomic mass is 10.0. The van der Waals surface area contributed by atoms with Gasteiger partial charge in [0, 0.05) is 31.5 Å². The van der Waals surface area contributed by atoms with Gasteiger partial charge in [-0.25, -0.2) is 23.2 Å². The molecule has 10 heteroatoms. The predicted octanol–water partition coefficient (Wildman–Crippen LogP) is 0.414. The molecule has 2 unspecified atom stereocenters. The first-order chi connectivity index (χ1) is 13.4. The summed E-state index contributed by atoms with van der Waals surface area (Å²) in [5, 5.41) is 0. The summed E-state index contributed by atoms with van der Waals surface area (Å²) >= 11 is 0. The Balaban J connectivity index is 1.59. The SMILES string of the molecule is CCN(C(=O)COC(=O)C1CCCCN1c1ncccn1)C1CCS(=O)(=O)C1. The van der Waals surface area contributed by atoms with Crippen LogP contribution in [0.4, 0.5) is 5.95 Å². The van der Waals surface area contributed by atoms with Crippen molar-refractivity contribution >= 4 is 27.7 Å². The van der Waals surface area contributed by atoms with Crippen LogP contribution >= 0.6 is 0 Å². The quantitative estimate of drug-likeness (QED) is 0.621. The van der Waals surface area contributed by atoms with Crippen LogP contribution in [-0.4, -0.2) is 78.4 Å². The van der Waals surface area contributed by atoms with Gasteiger partial charge in [0.05, 0.1) is 11.5 Å². The fraction of sp³-hybridized carbons (Fsp3) is 0.667. The van der Waals surface area contributed by atoms with Crippen LogP contribution in [0, 0.1) is 0 Å². The van der Waals surface area contributed by atoms with Crippen molar-refractivity contribution in [2.24, 2.45) is 0 Å². The number of nitrogens with zero attached hydrogens (tertiary/aromatic N) is 4. The maximum absolute atomic E-state index is 12.6. The molecule has 9 nitrogen and oxygen atoms in total. The third kappa shape index (κ3) is 4.78. The van der Waals surface area contributed by atoms with Crippen LogP contribution in [0.2, 0.25) is 0 Å². The Kier molecular flexibility index (Phi) is 6.48. The van der Waals surface area contributed by atoms with E-state index in [4.69, 9.17) is 4.74 Å². The van der Waals surface area contributed by atoms with Crippen LogP contribution in [0.1, 0.15) is 32.6 Å². The van der Waals surface area contributed by atoms with Gasteiger partial charge in [0.2, 0.25) is 5.95 Å². The minimum absolute atomic E-state index is 0.0255. The Morgan fingerprint density at radius 2 is 2.00 bits per heavy atom. The van der Waals surface area contributed by atoms with Crippen LogP contribution in [0.3, 0.4) is 0 Å². The van der Waals surface area contributed by atoms with E-state index in [2.05, 4.69) is 9.97 Å². The summed E-state index contributed by atoms with van der Waals surface area (Å²) in [6.07, 6.45) is 6.11. The van der Waals surface area contributed by atoms with E-state index >= 15 is 0 Å². The number of sulfone groups is 1. The summed E-state index contributed by atoms with van der Waals surface area (Å²) in [7, 11) is -3.09. The molecule has 0 N–H and O–H groups in total. The zero-order valence-electron chi connectivity index (χ0n) is 16.0. The predicted molar refractivity (Wildman–Crippen MR) is 102 cm³/mol. The molecule has 154 valence electrons. The van der Waals surface area contributed by atoms with Gasteiger partial charge in [0.25, 0.3) is 5.91 Å². The number of esters is 1. The zero-order valence-corrected chi connectivity index (χ0v) is 16.8. The largest absolute Gasteiger partial charge is 0.454 e. The first kappa shape index (κ1) is 20.5. The molecule has 0 radical (unpaired) electrons. The lowest BCUT2D eigenvalue weighted by molar-refractivity contribution is -0.154. The van der Waals surface area contributed by atoms with Gasteiger partial charge in [-0.2, -0.15) is 0 Å².